The smallest absolute Gasteiger partial charge is 0.132 e. The second kappa shape index (κ2) is 5.74. The molecule has 1 aromatic heterocycles. The maximum Gasteiger partial charge on any atom is 0.132 e. The highest BCUT2D eigenvalue weighted by atomic mass is 16.3. The van der Waals surface area contributed by atoms with Crippen LogP contribution in [0.2, 0.25) is 0 Å². The van der Waals surface area contributed by atoms with Crippen LogP contribution >= 0.6 is 0 Å². The molecule has 0 unspecified atom stereocenters. The van der Waals surface area contributed by atoms with Crippen molar-refractivity contribution in [2.75, 3.05) is 18.0 Å². The fourth-order valence-corrected chi connectivity index (χ4v) is 3.11. The monoisotopic (exact) mass is 251 g/mol. The molecule has 4 heteroatoms. The third-order valence-corrected chi connectivity index (χ3v) is 4.08. The SMILES string of the molecule is CCCC1CCN(c2c(CO)c(C)nn2C)CC1. The average molecular weight is 251 g/mol. The lowest BCUT2D eigenvalue weighted by atomic mass is 9.92. The lowest BCUT2D eigenvalue weighted by Crippen LogP contribution is -2.35. The van der Waals surface area contributed by atoms with Crippen LogP contribution in [0.3, 0.4) is 0 Å². The number of hydrogen-bond donors (Lipinski definition) is 1. The Morgan fingerprint density at radius 1 is 1.33 bits per heavy atom. The molecule has 102 valence electrons. The van der Waals surface area contributed by atoms with E-state index in [2.05, 4.69) is 16.9 Å². The molecule has 0 atom stereocenters. The minimum absolute atomic E-state index is 0.0872. The molecule has 0 amide bonds. The van der Waals surface area contributed by atoms with Crippen molar-refractivity contribution < 1.29 is 5.11 Å². The first-order valence-corrected chi connectivity index (χ1v) is 7.05. The molecule has 1 aromatic rings. The van der Waals surface area contributed by atoms with E-state index in [9.17, 15) is 5.11 Å². The second-order valence-electron chi connectivity index (χ2n) is 5.39. The van der Waals surface area contributed by atoms with Crippen molar-refractivity contribution in [3.8, 4) is 0 Å². The van der Waals surface area contributed by atoms with E-state index >= 15 is 0 Å². The molecule has 0 bridgehead atoms. The predicted molar refractivity (Wildman–Crippen MR) is 73.7 cm³/mol. The van der Waals surface area contributed by atoms with E-state index in [1.165, 1.54) is 25.7 Å². The fourth-order valence-electron chi connectivity index (χ4n) is 3.11. The molecule has 0 radical (unpaired) electrons. The van der Waals surface area contributed by atoms with Gasteiger partial charge in [0.1, 0.15) is 5.82 Å². The van der Waals surface area contributed by atoms with Crippen molar-refractivity contribution in [2.24, 2.45) is 13.0 Å². The molecule has 2 heterocycles. The van der Waals surface area contributed by atoms with Gasteiger partial charge in [-0.15, -0.1) is 0 Å². The molecule has 1 aliphatic rings. The van der Waals surface area contributed by atoms with Crippen molar-refractivity contribution in [1.29, 1.82) is 0 Å². The summed E-state index contributed by atoms with van der Waals surface area (Å²) in [5, 5.41) is 13.9. The summed E-state index contributed by atoms with van der Waals surface area (Å²) in [5.74, 6) is 2.00. The first-order valence-electron chi connectivity index (χ1n) is 7.05. The van der Waals surface area contributed by atoms with E-state index in [1.807, 2.05) is 18.7 Å². The minimum atomic E-state index is 0.0872. The number of nitrogens with zero attached hydrogens (tertiary/aromatic N) is 3. The number of aromatic nitrogens is 2. The summed E-state index contributed by atoms with van der Waals surface area (Å²) >= 11 is 0. The molecule has 1 N–H and O–H groups in total. The number of rotatable bonds is 4. The molecular weight excluding hydrogens is 226 g/mol. The number of piperidine rings is 1. The summed E-state index contributed by atoms with van der Waals surface area (Å²) in [6.07, 6.45) is 5.17. The largest absolute Gasteiger partial charge is 0.391 e. The molecular formula is C14H25N3O. The van der Waals surface area contributed by atoms with Crippen LogP contribution in [0.4, 0.5) is 5.82 Å². The van der Waals surface area contributed by atoms with Gasteiger partial charge >= 0.3 is 0 Å². The molecule has 2 rings (SSSR count). The van der Waals surface area contributed by atoms with E-state index < -0.39 is 0 Å². The zero-order chi connectivity index (χ0) is 13.1. The number of aliphatic hydroxyl groups is 1. The van der Waals surface area contributed by atoms with Crippen LogP contribution in [0.5, 0.6) is 0 Å². The van der Waals surface area contributed by atoms with Crippen molar-refractivity contribution in [3.05, 3.63) is 11.3 Å². The molecule has 4 nitrogen and oxygen atoms in total. The van der Waals surface area contributed by atoms with Crippen LogP contribution in [0.15, 0.2) is 0 Å². The first kappa shape index (κ1) is 13.4. The van der Waals surface area contributed by atoms with Crippen LogP contribution in [0.1, 0.15) is 43.9 Å². The fraction of sp³-hybridized carbons (Fsp3) is 0.786. The van der Waals surface area contributed by atoms with Gasteiger partial charge in [-0.1, -0.05) is 19.8 Å². The molecule has 1 fully saturated rings. The number of aliphatic hydroxyl groups excluding tert-OH is 1. The van der Waals surface area contributed by atoms with Gasteiger partial charge in [0.2, 0.25) is 0 Å². The summed E-state index contributed by atoms with van der Waals surface area (Å²) in [6, 6.07) is 0. The number of aryl methyl sites for hydroxylation is 2. The second-order valence-corrected chi connectivity index (χ2v) is 5.39. The third-order valence-electron chi connectivity index (χ3n) is 4.08. The highest BCUT2D eigenvalue weighted by Gasteiger charge is 2.24. The molecule has 0 spiro atoms. The highest BCUT2D eigenvalue weighted by Crippen LogP contribution is 2.29. The summed E-state index contributed by atoms with van der Waals surface area (Å²) < 4.78 is 1.92. The van der Waals surface area contributed by atoms with Gasteiger partial charge in [-0.3, -0.25) is 4.68 Å². The Balaban J connectivity index is 2.09. The van der Waals surface area contributed by atoms with E-state index in [-0.39, 0.29) is 6.61 Å². The number of hydrogen-bond acceptors (Lipinski definition) is 3. The Labute approximate surface area is 110 Å². The van der Waals surface area contributed by atoms with Gasteiger partial charge in [0.15, 0.2) is 0 Å². The third kappa shape index (κ3) is 2.53. The van der Waals surface area contributed by atoms with E-state index in [1.54, 1.807) is 0 Å². The molecule has 18 heavy (non-hydrogen) atoms. The Morgan fingerprint density at radius 3 is 2.56 bits per heavy atom. The Bertz CT molecular complexity index is 392. The van der Waals surface area contributed by atoms with Gasteiger partial charge in [-0.2, -0.15) is 5.10 Å². The maximum absolute atomic E-state index is 9.50. The topological polar surface area (TPSA) is 41.3 Å². The van der Waals surface area contributed by atoms with Crippen molar-refractivity contribution in [1.82, 2.24) is 9.78 Å². The summed E-state index contributed by atoms with van der Waals surface area (Å²) in [7, 11) is 1.97. The first-order chi connectivity index (χ1) is 8.67. The van der Waals surface area contributed by atoms with Gasteiger partial charge in [0.05, 0.1) is 12.3 Å². The van der Waals surface area contributed by atoms with E-state index in [0.29, 0.717) is 0 Å². The van der Waals surface area contributed by atoms with E-state index in [0.717, 1.165) is 36.1 Å². The maximum atomic E-state index is 9.50. The van der Waals surface area contributed by atoms with Gasteiger partial charge in [-0.25, -0.2) is 0 Å². The Kier molecular flexibility index (Phi) is 4.27. The predicted octanol–water partition coefficient (Wildman–Crippen LogP) is 2.24. The molecule has 1 aliphatic heterocycles. The van der Waals surface area contributed by atoms with Crippen LogP contribution in [0, 0.1) is 12.8 Å². The lowest BCUT2D eigenvalue weighted by Gasteiger charge is -2.33. The Hall–Kier alpha value is -1.03. The summed E-state index contributed by atoms with van der Waals surface area (Å²) in [6.45, 7) is 6.51. The van der Waals surface area contributed by atoms with Crippen LogP contribution < -0.4 is 4.90 Å². The van der Waals surface area contributed by atoms with Crippen molar-refractivity contribution in [2.45, 2.75) is 46.1 Å². The van der Waals surface area contributed by atoms with Crippen LogP contribution in [-0.4, -0.2) is 28.0 Å². The highest BCUT2D eigenvalue weighted by molar-refractivity contribution is 5.50. The van der Waals surface area contributed by atoms with Crippen LogP contribution in [-0.2, 0) is 13.7 Å². The van der Waals surface area contributed by atoms with Crippen LogP contribution in [0.25, 0.3) is 0 Å². The molecule has 1 saturated heterocycles. The molecule has 0 aromatic carbocycles. The normalized spacial score (nSPS) is 17.4. The Morgan fingerprint density at radius 2 is 2.00 bits per heavy atom. The van der Waals surface area contributed by atoms with Gasteiger partial charge in [0.25, 0.3) is 0 Å². The quantitative estimate of drug-likeness (QED) is 0.892. The minimum Gasteiger partial charge on any atom is -0.391 e. The summed E-state index contributed by atoms with van der Waals surface area (Å²) in [4.78, 5) is 2.39. The lowest BCUT2D eigenvalue weighted by molar-refractivity contribution is 0.280. The zero-order valence-electron chi connectivity index (χ0n) is 11.8. The average Bonchev–Trinajstić information content (AvgIpc) is 2.65. The standard InChI is InChI=1S/C14H25N3O/c1-4-5-12-6-8-17(9-7-12)14-13(10-18)11(2)15-16(14)3/h12,18H,4-10H2,1-3H3. The van der Waals surface area contributed by atoms with Crippen molar-refractivity contribution >= 4 is 5.82 Å². The van der Waals surface area contributed by atoms with E-state index in [4.69, 9.17) is 0 Å². The zero-order valence-corrected chi connectivity index (χ0v) is 11.8. The van der Waals surface area contributed by atoms with Crippen molar-refractivity contribution in [3.63, 3.8) is 0 Å². The summed E-state index contributed by atoms with van der Waals surface area (Å²) in [5.41, 5.74) is 1.94. The molecule has 0 aliphatic carbocycles. The molecule has 0 saturated carbocycles. The number of anilines is 1. The van der Waals surface area contributed by atoms with Gasteiger partial charge in [-0.05, 0) is 25.7 Å². The van der Waals surface area contributed by atoms with Gasteiger partial charge in [0, 0.05) is 25.7 Å². The van der Waals surface area contributed by atoms with Gasteiger partial charge < -0.3 is 10.0 Å².